The van der Waals surface area contributed by atoms with Gasteiger partial charge in [0.1, 0.15) is 40.3 Å². The molecular formula is C42H54F3N5O10S. The summed E-state index contributed by atoms with van der Waals surface area (Å²) in [6.07, 6.45) is 2.67. The maximum Gasteiger partial charge on any atom is 0.573 e. The summed E-state index contributed by atoms with van der Waals surface area (Å²) in [6, 6.07) is 1.49. The van der Waals surface area contributed by atoms with E-state index in [-0.39, 0.29) is 45.3 Å². The molecule has 5 atom stereocenters. The highest BCUT2D eigenvalue weighted by Crippen LogP contribution is 2.47. The number of halogens is 3. The van der Waals surface area contributed by atoms with Crippen LogP contribution in [0.25, 0.3) is 10.9 Å². The largest absolute Gasteiger partial charge is 0.573 e. The fourth-order valence-electron chi connectivity index (χ4n) is 9.04. The van der Waals surface area contributed by atoms with Gasteiger partial charge in [-0.15, -0.1) is 13.2 Å². The van der Waals surface area contributed by atoms with E-state index < -0.39 is 85.4 Å². The second kappa shape index (κ2) is 16.2. The zero-order chi connectivity index (χ0) is 44.2. The molecule has 3 aliphatic heterocycles. The lowest BCUT2D eigenvalue weighted by molar-refractivity contribution is -0.274. The first-order chi connectivity index (χ1) is 28.6. The van der Waals surface area contributed by atoms with E-state index in [9.17, 15) is 40.8 Å². The molecule has 2 saturated carbocycles. The molecule has 334 valence electrons. The van der Waals surface area contributed by atoms with Crippen molar-refractivity contribution in [1.82, 2.24) is 25.2 Å². The second-order valence-corrected chi connectivity index (χ2v) is 20.2. The van der Waals surface area contributed by atoms with Gasteiger partial charge in [0, 0.05) is 30.4 Å². The van der Waals surface area contributed by atoms with Gasteiger partial charge >= 0.3 is 12.5 Å². The van der Waals surface area contributed by atoms with Crippen molar-refractivity contribution >= 4 is 44.7 Å². The Morgan fingerprint density at radius 2 is 1.84 bits per heavy atom. The summed E-state index contributed by atoms with van der Waals surface area (Å²) in [5.74, 6) is -2.80. The Bertz CT molecular complexity index is 2230. The normalized spacial score (nSPS) is 28.4. The Balaban J connectivity index is 1.25. The molecule has 1 aromatic heterocycles. The minimum atomic E-state index is -4.92. The van der Waals surface area contributed by atoms with Gasteiger partial charge in [0.2, 0.25) is 21.8 Å². The molecule has 4 heterocycles. The van der Waals surface area contributed by atoms with Crippen molar-refractivity contribution in [3.63, 3.8) is 0 Å². The lowest BCUT2D eigenvalue weighted by Gasteiger charge is -2.48. The molecule has 2 aliphatic carbocycles. The van der Waals surface area contributed by atoms with E-state index in [2.05, 4.69) is 25.1 Å². The molecule has 1 spiro atoms. The first-order valence-corrected chi connectivity index (χ1v) is 22.3. The van der Waals surface area contributed by atoms with Crippen LogP contribution in [-0.4, -0.2) is 102 Å². The number of allylic oxidation sites excluding steroid dienone is 1. The molecule has 0 bridgehead atoms. The molecule has 7 rings (SSSR count). The monoisotopic (exact) mass is 877 g/mol. The fraction of sp³-hybridized carbons (Fsp3) is 0.643. The lowest BCUT2D eigenvalue weighted by atomic mass is 9.65. The summed E-state index contributed by atoms with van der Waals surface area (Å²) in [7, 11) is -2.61. The number of benzene rings is 1. The zero-order valence-corrected chi connectivity index (χ0v) is 35.9. The number of amides is 4. The van der Waals surface area contributed by atoms with Gasteiger partial charge in [-0.1, -0.05) is 25.0 Å². The summed E-state index contributed by atoms with van der Waals surface area (Å²) >= 11 is 0. The molecule has 3 N–H and O–H groups in total. The first kappa shape index (κ1) is 44.4. The number of nitrogens with zero attached hydrogens (tertiary/aromatic N) is 2. The molecular weight excluding hydrogens is 824 g/mol. The summed E-state index contributed by atoms with van der Waals surface area (Å²) in [4.78, 5) is 63.2. The number of sulfonamides is 1. The van der Waals surface area contributed by atoms with Crippen molar-refractivity contribution in [3.8, 4) is 11.5 Å². The number of aromatic nitrogens is 1. The van der Waals surface area contributed by atoms with Crippen molar-refractivity contribution in [2.45, 2.75) is 145 Å². The van der Waals surface area contributed by atoms with Gasteiger partial charge in [-0.05, 0) is 104 Å². The van der Waals surface area contributed by atoms with Crippen LogP contribution in [0.4, 0.5) is 18.0 Å². The van der Waals surface area contributed by atoms with Gasteiger partial charge in [0.15, 0.2) is 0 Å². The van der Waals surface area contributed by atoms with Crippen molar-refractivity contribution < 1.29 is 59.7 Å². The van der Waals surface area contributed by atoms with Crippen molar-refractivity contribution in [3.05, 3.63) is 41.6 Å². The molecule has 0 unspecified atom stereocenters. The van der Waals surface area contributed by atoms with Crippen LogP contribution in [0.15, 0.2) is 30.4 Å². The minimum Gasteiger partial charge on any atom is -0.483 e. The molecule has 4 amide bonds. The third kappa shape index (κ3) is 9.13. The number of carbonyl (C=O) groups is 4. The lowest BCUT2D eigenvalue weighted by Crippen LogP contribution is -2.70. The number of alkyl carbamates (subject to hydrolysis) is 1. The van der Waals surface area contributed by atoms with E-state index in [0.29, 0.717) is 66.4 Å². The number of nitrogens with one attached hydrogen (secondary N) is 3. The standard InChI is InChI=1S/C42H54F3N5O10S/c1-25-33-28(29-21-27(58-42(43,44)45)13-14-30(29)46-25)16-17-40(59-33)22-32-34(51)48-41(36(53)49-61(55,56)39(4)19-20-39)18-15-26(41)11-9-7-6-8-10-12-31(35(52)50(32)23-40)47-37(54)60-38(2,3)24-57-5/h9,11,13-14,21,26,31-32H,6-8,10,12,15-20,22-24H2,1-5H3,(H,47,54)(H,48,51)(H,49,53)/b11-9-/t26-,31+,32+,40-,41-/m1/s1. The summed E-state index contributed by atoms with van der Waals surface area (Å²) in [6.45, 7) is 6.53. The first-order valence-electron chi connectivity index (χ1n) is 20.8. The minimum absolute atomic E-state index is 0.0642. The quantitative estimate of drug-likeness (QED) is 0.288. The number of aryl methyl sites for hydroxylation is 2. The fourth-order valence-corrected chi connectivity index (χ4v) is 10.4. The maximum absolute atomic E-state index is 14.9. The maximum atomic E-state index is 14.9. The summed E-state index contributed by atoms with van der Waals surface area (Å²) in [5, 5.41) is 6.05. The van der Waals surface area contributed by atoms with Gasteiger partial charge in [-0.2, -0.15) is 0 Å². The van der Waals surface area contributed by atoms with Gasteiger partial charge < -0.3 is 34.5 Å². The third-order valence-corrected chi connectivity index (χ3v) is 15.0. The van der Waals surface area contributed by atoms with Crippen LogP contribution < -0.4 is 24.8 Å². The second-order valence-electron chi connectivity index (χ2n) is 18.0. The highest BCUT2D eigenvalue weighted by atomic mass is 32.2. The number of pyridine rings is 1. The average Bonchev–Trinajstić information content (AvgIpc) is 3.82. The Kier molecular flexibility index (Phi) is 11.8. The van der Waals surface area contributed by atoms with Gasteiger partial charge in [0.25, 0.3) is 5.91 Å². The highest BCUT2D eigenvalue weighted by Gasteiger charge is 2.59. The van der Waals surface area contributed by atoms with Crippen molar-refractivity contribution in [2.75, 3.05) is 20.3 Å². The molecule has 19 heteroatoms. The third-order valence-electron chi connectivity index (χ3n) is 12.8. The Morgan fingerprint density at radius 1 is 1.08 bits per heavy atom. The number of carbonyl (C=O) groups excluding carboxylic acids is 4. The molecule has 3 fully saturated rings. The molecule has 1 saturated heterocycles. The van der Waals surface area contributed by atoms with Crippen molar-refractivity contribution in [1.29, 1.82) is 0 Å². The van der Waals surface area contributed by atoms with Crippen LogP contribution >= 0.6 is 0 Å². The van der Waals surface area contributed by atoms with Crippen molar-refractivity contribution in [2.24, 2.45) is 5.92 Å². The molecule has 5 aliphatic rings. The number of methoxy groups -OCH3 is 1. The molecule has 2 aromatic rings. The van der Waals surface area contributed by atoms with Gasteiger partial charge in [0.05, 0.1) is 29.1 Å². The zero-order valence-electron chi connectivity index (χ0n) is 35.0. The predicted octanol–water partition coefficient (Wildman–Crippen LogP) is 5.41. The Hall–Kier alpha value is -4.65. The number of alkyl halides is 3. The Labute approximate surface area is 352 Å². The smallest absolute Gasteiger partial charge is 0.483 e. The molecule has 15 nitrogen and oxygen atoms in total. The van der Waals surface area contributed by atoms with Crippen LogP contribution in [0.1, 0.15) is 103 Å². The average molecular weight is 878 g/mol. The van der Waals surface area contributed by atoms with Crippen LogP contribution in [0.5, 0.6) is 11.5 Å². The van der Waals surface area contributed by atoms with Crippen LogP contribution in [-0.2, 0) is 40.3 Å². The van der Waals surface area contributed by atoms with E-state index in [1.807, 2.05) is 12.2 Å². The number of fused-ring (bicyclic) bond motifs is 5. The van der Waals surface area contributed by atoms with Gasteiger partial charge in [-0.25, -0.2) is 18.2 Å². The number of rotatable bonds is 8. The topological polar surface area (TPSA) is 192 Å². The summed E-state index contributed by atoms with van der Waals surface area (Å²) < 4.78 is 89.2. The van der Waals surface area contributed by atoms with Gasteiger partial charge in [-0.3, -0.25) is 19.1 Å². The highest BCUT2D eigenvalue weighted by molar-refractivity contribution is 7.91. The predicted molar refractivity (Wildman–Crippen MR) is 215 cm³/mol. The molecule has 1 aromatic carbocycles. The van der Waals surface area contributed by atoms with Crippen LogP contribution in [0, 0.1) is 12.8 Å². The SMILES string of the molecule is COCC(C)(C)OC(=O)N[C@H]1CCCCC/C=C\[C@@H]2CC[C@@]2(C(=O)NS(=O)(=O)C2(C)CC2)NC(=O)[C@@H]2C[C@]3(CCc4c(c(C)nc5ccc(OC(F)(F)F)cc45)O3)CN2C1=O. The van der Waals surface area contributed by atoms with Crippen LogP contribution in [0.3, 0.4) is 0 Å². The molecule has 61 heavy (non-hydrogen) atoms. The number of ether oxygens (including phenoxy) is 4. The van der Waals surface area contributed by atoms with E-state index in [1.165, 1.54) is 30.2 Å². The number of hydrogen-bond donors (Lipinski definition) is 3. The number of hydrogen-bond acceptors (Lipinski definition) is 11. The van der Waals surface area contributed by atoms with E-state index >= 15 is 0 Å². The van der Waals surface area contributed by atoms with Crippen LogP contribution in [0.2, 0.25) is 0 Å². The van der Waals surface area contributed by atoms with E-state index in [1.54, 1.807) is 27.7 Å². The van der Waals surface area contributed by atoms with E-state index in [0.717, 1.165) is 6.42 Å². The van der Waals surface area contributed by atoms with E-state index in [4.69, 9.17) is 14.2 Å². The Morgan fingerprint density at radius 3 is 2.51 bits per heavy atom. The molecule has 0 radical (unpaired) electrons. The summed E-state index contributed by atoms with van der Waals surface area (Å²) in [5.41, 5.74) is -2.42.